The molecule has 3 aliphatic heterocycles. The predicted molar refractivity (Wildman–Crippen MR) is 200 cm³/mol. The Morgan fingerprint density at radius 2 is 1.64 bits per heavy atom. The molecule has 50 heavy (non-hydrogen) atoms. The van der Waals surface area contributed by atoms with E-state index in [1.165, 1.54) is 29.6 Å². The molecule has 9 nitrogen and oxygen atoms in total. The third kappa shape index (κ3) is 7.89. The second-order valence-electron chi connectivity index (χ2n) is 15.9. The molecule has 3 saturated heterocycles. The zero-order valence-electron chi connectivity index (χ0n) is 30.0. The second-order valence-corrected chi connectivity index (χ2v) is 18.5. The Morgan fingerprint density at radius 1 is 0.960 bits per heavy atom. The monoisotopic (exact) mass is 728 g/mol. The van der Waals surface area contributed by atoms with Crippen molar-refractivity contribution < 1.29 is 18.4 Å². The lowest BCUT2D eigenvalue weighted by atomic mass is 9.92. The van der Waals surface area contributed by atoms with E-state index in [4.69, 9.17) is 0 Å². The van der Waals surface area contributed by atoms with Crippen LogP contribution in [0.2, 0.25) is 0 Å². The summed E-state index contributed by atoms with van der Waals surface area (Å²) in [5, 5.41) is -0.580. The summed E-state index contributed by atoms with van der Waals surface area (Å²) in [4.78, 5) is 51.1. The maximum atomic E-state index is 15.8. The van der Waals surface area contributed by atoms with E-state index in [-0.39, 0.29) is 40.3 Å². The summed E-state index contributed by atoms with van der Waals surface area (Å²) in [6, 6.07) is 9.97. The summed E-state index contributed by atoms with van der Waals surface area (Å²) in [5.74, 6) is -1.32. The molecule has 2 aromatic carbocycles. The number of piperazine rings is 1. The maximum Gasteiger partial charge on any atom is 0.326 e. The van der Waals surface area contributed by atoms with Gasteiger partial charge in [0.25, 0.3) is 0 Å². The minimum atomic E-state index is -0.664. The number of imidazole rings is 1. The summed E-state index contributed by atoms with van der Waals surface area (Å²) in [6.45, 7) is 17.0. The molecule has 3 aliphatic rings. The molecule has 3 aromatic rings. The van der Waals surface area contributed by atoms with Gasteiger partial charge in [0.15, 0.2) is 0 Å². The van der Waals surface area contributed by atoms with Gasteiger partial charge < -0.3 is 19.7 Å². The Bertz CT molecular complexity index is 1770. The van der Waals surface area contributed by atoms with Crippen LogP contribution in [0.25, 0.3) is 11.0 Å². The van der Waals surface area contributed by atoms with E-state index in [9.17, 15) is 18.8 Å². The highest BCUT2D eigenvalue weighted by atomic mass is 32.2. The van der Waals surface area contributed by atoms with Crippen LogP contribution in [-0.2, 0) is 9.59 Å². The molecule has 0 saturated carbocycles. The van der Waals surface area contributed by atoms with Crippen molar-refractivity contribution in [2.24, 2.45) is 5.41 Å². The van der Waals surface area contributed by atoms with Gasteiger partial charge in [0.2, 0.25) is 11.8 Å². The summed E-state index contributed by atoms with van der Waals surface area (Å²) >= 11 is 2.68. The van der Waals surface area contributed by atoms with Gasteiger partial charge in [-0.05, 0) is 63.6 Å². The van der Waals surface area contributed by atoms with Gasteiger partial charge in [-0.1, -0.05) is 32.9 Å². The molecule has 2 amide bonds. The van der Waals surface area contributed by atoms with Crippen molar-refractivity contribution in [1.82, 2.24) is 24.3 Å². The molecule has 3 fully saturated rings. The van der Waals surface area contributed by atoms with Crippen LogP contribution in [0, 0.1) is 17.0 Å². The van der Waals surface area contributed by atoms with E-state index >= 15 is 4.39 Å². The molecule has 0 spiro atoms. The van der Waals surface area contributed by atoms with E-state index < -0.39 is 21.6 Å². The van der Waals surface area contributed by atoms with Crippen LogP contribution in [0.3, 0.4) is 0 Å². The largest absolute Gasteiger partial charge is 0.366 e. The third-order valence-electron chi connectivity index (χ3n) is 10.2. The van der Waals surface area contributed by atoms with Gasteiger partial charge >= 0.3 is 5.69 Å². The Morgan fingerprint density at radius 3 is 2.30 bits per heavy atom. The van der Waals surface area contributed by atoms with Gasteiger partial charge in [-0.2, -0.15) is 0 Å². The molecule has 6 rings (SSSR count). The SMILES string of the molecule is CC(C)(C)CCN1C(=O)[C@@H](SCC(=O)N2CCC(n3c(=O)[nH]c4ccccc43)CC2)SC1c1cc(F)cc(F)c1N1CCN(C(C)(C)C)CC1. The number of thioether (sulfide) groups is 2. The molecule has 1 aromatic heterocycles. The fourth-order valence-corrected chi connectivity index (χ4v) is 10.0. The molecule has 4 heterocycles. The molecular formula is C37H50F2N6O3S2. The number of aromatic nitrogens is 2. The Kier molecular flexibility index (Phi) is 10.7. The first-order chi connectivity index (χ1) is 23.6. The molecule has 0 bridgehead atoms. The van der Waals surface area contributed by atoms with Gasteiger partial charge in [0.05, 0.1) is 22.5 Å². The number of amides is 2. The first-order valence-electron chi connectivity index (χ1n) is 17.6. The number of likely N-dealkylation sites (tertiary alicyclic amines) is 1. The highest BCUT2D eigenvalue weighted by Gasteiger charge is 2.44. The number of benzene rings is 2. The van der Waals surface area contributed by atoms with Crippen LogP contribution in [-0.4, -0.2) is 97.8 Å². The lowest BCUT2D eigenvalue weighted by Gasteiger charge is -2.43. The van der Waals surface area contributed by atoms with Crippen LogP contribution in [0.5, 0.6) is 0 Å². The van der Waals surface area contributed by atoms with Crippen molar-refractivity contribution in [1.29, 1.82) is 0 Å². The van der Waals surface area contributed by atoms with Crippen LogP contribution in [0.4, 0.5) is 14.5 Å². The van der Waals surface area contributed by atoms with Crippen molar-refractivity contribution in [3.8, 4) is 0 Å². The normalized spacial score (nSPS) is 21.5. The van der Waals surface area contributed by atoms with E-state index in [2.05, 4.69) is 51.4 Å². The number of rotatable bonds is 8. The standard InChI is InChI=1S/C37H50F2N6O3S2/c1-36(2,3)13-16-44-32(47)34(49-23-30(46)41-14-11-25(12-15-41)45-29-10-8-7-9-28(29)40-35(45)48)50-33(44)26-21-24(38)22-27(39)31(26)42-17-19-43(20-18-42)37(4,5)6/h7-10,21-22,25,33-34H,11-20,23H2,1-6H3,(H,40,48)/t33?,34-/m0/s1. The van der Waals surface area contributed by atoms with Crippen LogP contribution in [0.1, 0.15) is 77.8 Å². The number of fused-ring (bicyclic) bond motifs is 1. The van der Waals surface area contributed by atoms with Crippen LogP contribution < -0.4 is 10.6 Å². The van der Waals surface area contributed by atoms with Crippen LogP contribution >= 0.6 is 23.5 Å². The number of hydrogen-bond donors (Lipinski definition) is 1. The molecule has 0 radical (unpaired) electrons. The topological polar surface area (TPSA) is 84.9 Å². The van der Waals surface area contributed by atoms with Crippen molar-refractivity contribution >= 4 is 52.1 Å². The quantitative estimate of drug-likeness (QED) is 0.285. The lowest BCUT2D eigenvalue weighted by molar-refractivity contribution is -0.129. The molecule has 2 atom stereocenters. The molecule has 0 aliphatic carbocycles. The van der Waals surface area contributed by atoms with Crippen molar-refractivity contribution in [3.05, 3.63) is 64.1 Å². The fraction of sp³-hybridized carbons (Fsp3) is 0.595. The van der Waals surface area contributed by atoms with Gasteiger partial charge in [-0.3, -0.25) is 19.1 Å². The Labute approximate surface area is 302 Å². The number of carbonyl (C=O) groups is 2. The lowest BCUT2D eigenvalue weighted by Crippen LogP contribution is -2.53. The minimum absolute atomic E-state index is 0.00301. The average molecular weight is 729 g/mol. The second kappa shape index (κ2) is 14.5. The van der Waals surface area contributed by atoms with Gasteiger partial charge in [0, 0.05) is 69.0 Å². The van der Waals surface area contributed by atoms with Crippen molar-refractivity contribution in [3.63, 3.8) is 0 Å². The van der Waals surface area contributed by atoms with Gasteiger partial charge in [0.1, 0.15) is 21.6 Å². The number of halogens is 2. The number of nitrogens with zero attached hydrogens (tertiary/aromatic N) is 5. The Hall–Kier alpha value is -3.03. The number of hydrogen-bond acceptors (Lipinski definition) is 7. The summed E-state index contributed by atoms with van der Waals surface area (Å²) in [5.41, 5.74) is 2.31. The number of nitrogens with one attached hydrogen (secondary N) is 1. The first-order valence-corrected chi connectivity index (χ1v) is 19.6. The molecule has 1 N–H and O–H groups in total. The Balaban J connectivity index is 1.15. The maximum absolute atomic E-state index is 15.8. The molecule has 272 valence electrons. The molecule has 1 unspecified atom stereocenters. The number of carbonyl (C=O) groups excluding carboxylic acids is 2. The molecule has 13 heteroatoms. The third-order valence-corrected chi connectivity index (χ3v) is 13.0. The number of anilines is 1. The van der Waals surface area contributed by atoms with E-state index in [0.717, 1.165) is 36.6 Å². The van der Waals surface area contributed by atoms with Crippen molar-refractivity contribution in [2.45, 2.75) is 82.3 Å². The van der Waals surface area contributed by atoms with E-state index in [1.54, 1.807) is 9.47 Å². The summed E-state index contributed by atoms with van der Waals surface area (Å²) in [6.07, 6.45) is 2.05. The number of piperidine rings is 1. The van der Waals surface area contributed by atoms with Crippen molar-refractivity contribution in [2.75, 3.05) is 56.5 Å². The predicted octanol–water partition coefficient (Wildman–Crippen LogP) is 6.46. The zero-order valence-corrected chi connectivity index (χ0v) is 31.6. The van der Waals surface area contributed by atoms with E-state index in [0.29, 0.717) is 56.8 Å². The average Bonchev–Trinajstić information content (AvgIpc) is 3.56. The highest BCUT2D eigenvalue weighted by molar-refractivity contribution is 8.18. The fourth-order valence-electron chi connectivity index (χ4n) is 7.29. The number of aromatic amines is 1. The zero-order chi connectivity index (χ0) is 36.0. The van der Waals surface area contributed by atoms with E-state index in [1.807, 2.05) is 34.1 Å². The first kappa shape index (κ1) is 36.8. The summed E-state index contributed by atoms with van der Waals surface area (Å²) < 4.78 is 32.0. The summed E-state index contributed by atoms with van der Waals surface area (Å²) in [7, 11) is 0. The number of para-hydroxylation sites is 2. The van der Waals surface area contributed by atoms with Gasteiger partial charge in [-0.25, -0.2) is 13.6 Å². The molecular weight excluding hydrogens is 679 g/mol. The minimum Gasteiger partial charge on any atom is -0.366 e. The smallest absolute Gasteiger partial charge is 0.326 e. The van der Waals surface area contributed by atoms with Crippen LogP contribution in [0.15, 0.2) is 41.2 Å². The van der Waals surface area contributed by atoms with Gasteiger partial charge in [-0.15, -0.1) is 23.5 Å². The highest BCUT2D eigenvalue weighted by Crippen LogP contribution is 2.50. The number of H-pyrrole nitrogens is 1.